The number of ether oxygens (including phenoxy) is 1. The quantitative estimate of drug-likeness (QED) is 0.801. The summed E-state index contributed by atoms with van der Waals surface area (Å²) in [7, 11) is 1.68. The van der Waals surface area contributed by atoms with Gasteiger partial charge in [-0.2, -0.15) is 0 Å². The number of hydrogen-bond donors (Lipinski definition) is 2. The summed E-state index contributed by atoms with van der Waals surface area (Å²) >= 11 is 0. The van der Waals surface area contributed by atoms with Gasteiger partial charge in [0.25, 0.3) is 0 Å². The second kappa shape index (κ2) is 6.71. The van der Waals surface area contributed by atoms with Crippen LogP contribution in [0.4, 0.5) is 0 Å². The smallest absolute Gasteiger partial charge is 0.228 e. The van der Waals surface area contributed by atoms with E-state index in [0.29, 0.717) is 12.5 Å². The van der Waals surface area contributed by atoms with Gasteiger partial charge in [-0.1, -0.05) is 27.7 Å². The number of amides is 1. The lowest BCUT2D eigenvalue weighted by Crippen LogP contribution is -2.51. The van der Waals surface area contributed by atoms with Crippen molar-refractivity contribution in [1.29, 1.82) is 0 Å². The lowest BCUT2D eigenvalue weighted by molar-refractivity contribution is -0.136. The van der Waals surface area contributed by atoms with Crippen LogP contribution < -0.4 is 10.6 Å². The van der Waals surface area contributed by atoms with Gasteiger partial charge in [0, 0.05) is 13.7 Å². The van der Waals surface area contributed by atoms with Crippen LogP contribution in [-0.2, 0) is 9.53 Å². The van der Waals surface area contributed by atoms with Crippen molar-refractivity contribution in [3.05, 3.63) is 0 Å². The second-order valence-corrected chi connectivity index (χ2v) is 6.94. The molecule has 1 unspecified atom stereocenters. The van der Waals surface area contributed by atoms with E-state index in [1.165, 1.54) is 0 Å². The van der Waals surface area contributed by atoms with Crippen LogP contribution in [0.2, 0.25) is 0 Å². The molecule has 1 aliphatic rings. The molecule has 4 heteroatoms. The first-order chi connectivity index (χ1) is 8.82. The zero-order valence-electron chi connectivity index (χ0n) is 13.1. The Balaban J connectivity index is 2.58. The van der Waals surface area contributed by atoms with Crippen LogP contribution in [0.5, 0.6) is 0 Å². The number of carbonyl (C=O) groups is 1. The average molecular weight is 270 g/mol. The van der Waals surface area contributed by atoms with Gasteiger partial charge < -0.3 is 15.4 Å². The van der Waals surface area contributed by atoms with Gasteiger partial charge in [0.05, 0.1) is 12.0 Å². The van der Waals surface area contributed by atoms with Crippen molar-refractivity contribution >= 4 is 5.91 Å². The van der Waals surface area contributed by atoms with E-state index < -0.39 is 0 Å². The normalized spacial score (nSPS) is 20.9. The summed E-state index contributed by atoms with van der Waals surface area (Å²) in [6.45, 7) is 11.9. The van der Waals surface area contributed by atoms with Crippen molar-refractivity contribution < 1.29 is 9.53 Å². The van der Waals surface area contributed by atoms with E-state index in [4.69, 9.17) is 4.74 Å². The van der Waals surface area contributed by atoms with Crippen molar-refractivity contribution in [1.82, 2.24) is 10.6 Å². The van der Waals surface area contributed by atoms with E-state index in [9.17, 15) is 4.79 Å². The Hall–Kier alpha value is -0.610. The molecule has 4 nitrogen and oxygen atoms in total. The van der Waals surface area contributed by atoms with E-state index >= 15 is 0 Å². The summed E-state index contributed by atoms with van der Waals surface area (Å²) in [6, 6.07) is 0. The van der Waals surface area contributed by atoms with Crippen LogP contribution in [0.1, 0.15) is 40.5 Å². The standard InChI is InChI=1S/C15H30N2O2/c1-12(14(2,3)4)10-17-13(18)15(11-19-5)6-8-16-9-7-15/h12,16H,6-11H2,1-5H3,(H,17,18). The van der Waals surface area contributed by atoms with Gasteiger partial charge >= 0.3 is 0 Å². The number of methoxy groups -OCH3 is 1. The van der Waals surface area contributed by atoms with Crippen LogP contribution in [0.25, 0.3) is 0 Å². The largest absolute Gasteiger partial charge is 0.384 e. The molecule has 2 N–H and O–H groups in total. The van der Waals surface area contributed by atoms with E-state index in [2.05, 4.69) is 38.3 Å². The van der Waals surface area contributed by atoms with Crippen molar-refractivity contribution in [2.24, 2.45) is 16.7 Å². The predicted molar refractivity (Wildman–Crippen MR) is 78.0 cm³/mol. The number of hydrogen-bond acceptors (Lipinski definition) is 3. The topological polar surface area (TPSA) is 50.4 Å². The maximum Gasteiger partial charge on any atom is 0.228 e. The summed E-state index contributed by atoms with van der Waals surface area (Å²) in [6.07, 6.45) is 1.72. The molecule has 0 bridgehead atoms. The molecule has 1 amide bonds. The Morgan fingerprint density at radius 1 is 1.37 bits per heavy atom. The Kier molecular flexibility index (Phi) is 5.81. The highest BCUT2D eigenvalue weighted by molar-refractivity contribution is 5.83. The summed E-state index contributed by atoms with van der Waals surface area (Å²) < 4.78 is 5.29. The molecule has 1 heterocycles. The molecule has 0 saturated carbocycles. The molecular weight excluding hydrogens is 240 g/mol. The third-order valence-corrected chi connectivity index (χ3v) is 4.51. The monoisotopic (exact) mass is 270 g/mol. The van der Waals surface area contributed by atoms with Crippen LogP contribution >= 0.6 is 0 Å². The molecule has 1 saturated heterocycles. The number of rotatable bonds is 5. The second-order valence-electron chi connectivity index (χ2n) is 6.94. The number of nitrogens with one attached hydrogen (secondary N) is 2. The van der Waals surface area contributed by atoms with Crippen LogP contribution in [0.3, 0.4) is 0 Å². The van der Waals surface area contributed by atoms with Crippen LogP contribution in [0.15, 0.2) is 0 Å². The Morgan fingerprint density at radius 2 is 1.95 bits per heavy atom. The van der Waals surface area contributed by atoms with Gasteiger partial charge in [-0.3, -0.25) is 4.79 Å². The van der Waals surface area contributed by atoms with Crippen molar-refractivity contribution in [3.8, 4) is 0 Å². The molecule has 1 rings (SSSR count). The molecule has 1 atom stereocenters. The van der Waals surface area contributed by atoms with Crippen LogP contribution in [0, 0.1) is 16.7 Å². The molecule has 19 heavy (non-hydrogen) atoms. The fraction of sp³-hybridized carbons (Fsp3) is 0.933. The van der Waals surface area contributed by atoms with E-state index in [1.807, 2.05) is 0 Å². The minimum atomic E-state index is -0.336. The first kappa shape index (κ1) is 16.4. The lowest BCUT2D eigenvalue weighted by atomic mass is 9.78. The van der Waals surface area contributed by atoms with E-state index in [-0.39, 0.29) is 16.7 Å². The van der Waals surface area contributed by atoms with Gasteiger partial charge in [0.15, 0.2) is 0 Å². The van der Waals surface area contributed by atoms with Gasteiger partial charge in [-0.15, -0.1) is 0 Å². The molecular formula is C15H30N2O2. The molecule has 1 aliphatic heterocycles. The van der Waals surface area contributed by atoms with Gasteiger partial charge in [-0.05, 0) is 37.3 Å². The predicted octanol–water partition coefficient (Wildman–Crippen LogP) is 1.80. The van der Waals surface area contributed by atoms with E-state index in [1.54, 1.807) is 7.11 Å². The molecule has 0 aliphatic carbocycles. The van der Waals surface area contributed by atoms with Crippen LogP contribution in [-0.4, -0.2) is 39.3 Å². The van der Waals surface area contributed by atoms with E-state index in [0.717, 1.165) is 32.5 Å². The summed E-state index contributed by atoms with van der Waals surface area (Å²) in [5, 5.41) is 6.44. The van der Waals surface area contributed by atoms with Gasteiger partial charge in [-0.25, -0.2) is 0 Å². The maximum absolute atomic E-state index is 12.5. The zero-order chi connectivity index (χ0) is 14.5. The lowest BCUT2D eigenvalue weighted by Gasteiger charge is -2.36. The third kappa shape index (κ3) is 4.46. The Morgan fingerprint density at radius 3 is 2.42 bits per heavy atom. The molecule has 0 aromatic heterocycles. The number of piperidine rings is 1. The Bertz CT molecular complexity index is 286. The fourth-order valence-electron chi connectivity index (χ4n) is 2.36. The average Bonchev–Trinajstić information content (AvgIpc) is 2.35. The Labute approximate surface area is 117 Å². The molecule has 0 aromatic rings. The van der Waals surface area contributed by atoms with Crippen molar-refractivity contribution in [3.63, 3.8) is 0 Å². The number of carbonyl (C=O) groups excluding carboxylic acids is 1. The first-order valence-electron chi connectivity index (χ1n) is 7.30. The molecule has 0 spiro atoms. The molecule has 0 aromatic carbocycles. The fourth-order valence-corrected chi connectivity index (χ4v) is 2.36. The highest BCUT2D eigenvalue weighted by Gasteiger charge is 2.39. The molecule has 112 valence electrons. The minimum absolute atomic E-state index is 0.159. The third-order valence-electron chi connectivity index (χ3n) is 4.51. The highest BCUT2D eigenvalue weighted by Crippen LogP contribution is 2.30. The summed E-state index contributed by atoms with van der Waals surface area (Å²) in [5.74, 6) is 0.615. The van der Waals surface area contributed by atoms with Gasteiger partial charge in [0.2, 0.25) is 5.91 Å². The van der Waals surface area contributed by atoms with Crippen molar-refractivity contribution in [2.75, 3.05) is 33.4 Å². The summed E-state index contributed by atoms with van der Waals surface area (Å²) in [5.41, 5.74) is -0.118. The molecule has 0 radical (unpaired) electrons. The van der Waals surface area contributed by atoms with Crippen molar-refractivity contribution in [2.45, 2.75) is 40.5 Å². The SMILES string of the molecule is COCC1(C(=O)NCC(C)C(C)(C)C)CCNCC1. The summed E-state index contributed by atoms with van der Waals surface area (Å²) in [4.78, 5) is 12.5. The molecule has 1 fully saturated rings. The van der Waals surface area contributed by atoms with Gasteiger partial charge in [0.1, 0.15) is 0 Å². The highest BCUT2D eigenvalue weighted by atomic mass is 16.5. The zero-order valence-corrected chi connectivity index (χ0v) is 13.1. The minimum Gasteiger partial charge on any atom is -0.384 e. The maximum atomic E-state index is 12.5. The first-order valence-corrected chi connectivity index (χ1v) is 7.30.